The zero-order valence-corrected chi connectivity index (χ0v) is 20.2. The second-order valence-corrected chi connectivity index (χ2v) is 8.60. The van der Waals surface area contributed by atoms with Crippen LogP contribution in [0.5, 0.6) is 11.5 Å². The number of carbonyl (C=O) groups excluding carboxylic acids is 1. The largest absolute Gasteiger partial charge is 0.454 e. The van der Waals surface area contributed by atoms with E-state index in [1.165, 1.54) is 6.07 Å². The third-order valence-electron chi connectivity index (χ3n) is 6.43. The number of nitrogens with zero attached hydrogens (tertiary/aromatic N) is 3. The highest BCUT2D eigenvalue weighted by Crippen LogP contribution is 2.37. The number of nitrogens with two attached hydrogens (primary N) is 1. The molecule has 0 bridgehead atoms. The molecule has 2 atom stereocenters. The minimum atomic E-state index is -0.463. The average Bonchev–Trinajstić information content (AvgIpc) is 3.51. The molecule has 3 N–H and O–H groups in total. The van der Waals surface area contributed by atoms with Gasteiger partial charge in [-0.05, 0) is 42.7 Å². The Kier molecular flexibility index (Phi) is 6.38. The number of benzene rings is 2. The number of hydrogen-bond donors (Lipinski definition) is 2. The summed E-state index contributed by atoms with van der Waals surface area (Å²) in [5, 5.41) is 6.90. The van der Waals surface area contributed by atoms with Crippen molar-refractivity contribution in [1.82, 2.24) is 19.7 Å². The van der Waals surface area contributed by atoms with Crippen molar-refractivity contribution in [2.75, 3.05) is 25.9 Å². The molecule has 5 rings (SSSR count). The van der Waals surface area contributed by atoms with Crippen molar-refractivity contribution in [3.8, 4) is 34.5 Å². The van der Waals surface area contributed by atoms with Gasteiger partial charge in [0, 0.05) is 32.0 Å². The fraction of sp³-hybridized carbons (Fsp3) is 0.222. The molecule has 1 aliphatic heterocycles. The van der Waals surface area contributed by atoms with Gasteiger partial charge in [0.15, 0.2) is 17.4 Å². The van der Waals surface area contributed by atoms with Crippen LogP contribution in [0.3, 0.4) is 0 Å². The van der Waals surface area contributed by atoms with Crippen LogP contribution >= 0.6 is 0 Å². The average molecular weight is 502 g/mol. The van der Waals surface area contributed by atoms with Gasteiger partial charge in [0.25, 0.3) is 11.5 Å². The predicted octanol–water partition coefficient (Wildman–Crippen LogP) is 3.33. The number of carbonyl (C=O) groups is 1. The van der Waals surface area contributed by atoms with E-state index in [1.54, 1.807) is 66.0 Å². The Bertz CT molecular complexity index is 1600. The van der Waals surface area contributed by atoms with Gasteiger partial charge in [-0.3, -0.25) is 9.59 Å². The van der Waals surface area contributed by atoms with Gasteiger partial charge in [-0.15, -0.1) is 0 Å². The number of nitrogens with one attached hydrogen (secondary N) is 1. The number of para-hydroxylation sites is 1. The molecular weight excluding hydrogens is 477 g/mol. The molecule has 1 fully saturated rings. The van der Waals surface area contributed by atoms with Crippen molar-refractivity contribution in [1.29, 1.82) is 0 Å². The molecular formula is C27H24FN5O4. The first-order chi connectivity index (χ1) is 17.9. The number of aromatic amines is 1. The van der Waals surface area contributed by atoms with Gasteiger partial charge in [0.1, 0.15) is 11.3 Å². The number of hydrogen-bond acceptors (Lipinski definition) is 6. The second kappa shape index (κ2) is 9.79. The number of fused-ring (bicyclic) bond motifs is 1. The van der Waals surface area contributed by atoms with Gasteiger partial charge in [0.05, 0.1) is 17.5 Å². The highest BCUT2D eigenvalue weighted by Gasteiger charge is 2.37. The summed E-state index contributed by atoms with van der Waals surface area (Å²) in [6.45, 7) is 2.25. The molecule has 10 heteroatoms. The molecule has 9 nitrogen and oxygen atoms in total. The first kappa shape index (κ1) is 24.1. The van der Waals surface area contributed by atoms with E-state index in [2.05, 4.69) is 22.0 Å². The highest BCUT2D eigenvalue weighted by molar-refractivity contribution is 6.02. The van der Waals surface area contributed by atoms with E-state index < -0.39 is 11.4 Å². The lowest BCUT2D eigenvalue weighted by Gasteiger charge is -2.19. The maximum Gasteiger partial charge on any atom is 0.298 e. The summed E-state index contributed by atoms with van der Waals surface area (Å²) in [4.78, 5) is 27.0. The van der Waals surface area contributed by atoms with Crippen LogP contribution in [0.1, 0.15) is 13.0 Å². The topological polar surface area (TPSA) is 115 Å². The third kappa shape index (κ3) is 4.41. The van der Waals surface area contributed by atoms with Crippen LogP contribution in [-0.4, -0.2) is 51.9 Å². The summed E-state index contributed by atoms with van der Waals surface area (Å²) >= 11 is 0. The highest BCUT2D eigenvalue weighted by atomic mass is 19.1. The Hall–Kier alpha value is -4.62. The number of aromatic nitrogens is 3. The van der Waals surface area contributed by atoms with Crippen LogP contribution in [0, 0.1) is 17.7 Å². The first-order valence-corrected chi connectivity index (χ1v) is 11.6. The first-order valence-electron chi connectivity index (χ1n) is 11.6. The quantitative estimate of drug-likeness (QED) is 0.406. The summed E-state index contributed by atoms with van der Waals surface area (Å²) in [5.74, 6) is 5.14. The Morgan fingerprint density at radius 1 is 1.19 bits per heavy atom. The summed E-state index contributed by atoms with van der Waals surface area (Å²) < 4.78 is 27.1. The van der Waals surface area contributed by atoms with Crippen molar-refractivity contribution in [3.05, 3.63) is 70.9 Å². The van der Waals surface area contributed by atoms with Crippen molar-refractivity contribution in [3.63, 3.8) is 0 Å². The number of anilines is 1. The minimum absolute atomic E-state index is 0.116. The van der Waals surface area contributed by atoms with Crippen LogP contribution in [0.15, 0.2) is 59.5 Å². The third-order valence-corrected chi connectivity index (χ3v) is 6.43. The summed E-state index contributed by atoms with van der Waals surface area (Å²) in [7, 11) is 1.57. The predicted molar refractivity (Wildman–Crippen MR) is 137 cm³/mol. The number of amides is 1. The van der Waals surface area contributed by atoms with Gasteiger partial charge in [-0.2, -0.15) is 5.10 Å². The molecule has 1 aliphatic rings. The normalized spacial score (nSPS) is 17.0. The monoisotopic (exact) mass is 501 g/mol. The van der Waals surface area contributed by atoms with Crippen molar-refractivity contribution < 1.29 is 18.7 Å². The number of likely N-dealkylation sites (tertiary alicyclic amines) is 1. The summed E-state index contributed by atoms with van der Waals surface area (Å²) in [6, 6.07) is 12.8. The van der Waals surface area contributed by atoms with Crippen molar-refractivity contribution in [2.45, 2.75) is 19.1 Å². The molecule has 1 saturated heterocycles. The molecule has 0 unspecified atom stereocenters. The van der Waals surface area contributed by atoms with Crippen LogP contribution < -0.4 is 16.0 Å². The minimum Gasteiger partial charge on any atom is -0.454 e. The molecule has 2 aromatic carbocycles. The van der Waals surface area contributed by atoms with Gasteiger partial charge in [-0.25, -0.2) is 9.49 Å². The number of halogens is 1. The van der Waals surface area contributed by atoms with Crippen LogP contribution in [0.4, 0.5) is 10.2 Å². The molecule has 3 heterocycles. The van der Waals surface area contributed by atoms with Gasteiger partial charge >= 0.3 is 0 Å². The number of H-pyrrole nitrogens is 1. The fourth-order valence-electron chi connectivity index (χ4n) is 4.68. The second-order valence-electron chi connectivity index (χ2n) is 8.60. The number of ether oxygens (including phenoxy) is 2. The molecule has 0 spiro atoms. The molecule has 37 heavy (non-hydrogen) atoms. The molecule has 0 saturated carbocycles. The number of nitrogen functional groups attached to an aromatic ring is 1. The van der Waals surface area contributed by atoms with E-state index in [0.29, 0.717) is 35.3 Å². The lowest BCUT2D eigenvalue weighted by molar-refractivity contribution is -0.124. The molecule has 1 amide bonds. The smallest absolute Gasteiger partial charge is 0.298 e. The van der Waals surface area contributed by atoms with E-state index in [1.807, 2.05) is 6.20 Å². The van der Waals surface area contributed by atoms with Crippen LogP contribution in [0.25, 0.3) is 22.0 Å². The van der Waals surface area contributed by atoms with E-state index >= 15 is 0 Å². The Labute approximate surface area is 211 Å². The van der Waals surface area contributed by atoms with Crippen molar-refractivity contribution in [2.24, 2.45) is 0 Å². The molecule has 4 aromatic rings. The molecule has 188 valence electrons. The molecule has 0 aliphatic carbocycles. The number of methoxy groups -OCH3 is 1. The van der Waals surface area contributed by atoms with Gasteiger partial charge in [0.2, 0.25) is 0 Å². The van der Waals surface area contributed by atoms with Gasteiger partial charge < -0.3 is 24.7 Å². The fourth-order valence-corrected chi connectivity index (χ4v) is 4.68. The number of rotatable bonds is 5. The van der Waals surface area contributed by atoms with E-state index in [0.717, 1.165) is 5.56 Å². The zero-order valence-electron chi connectivity index (χ0n) is 20.2. The van der Waals surface area contributed by atoms with E-state index in [9.17, 15) is 14.0 Å². The Morgan fingerprint density at radius 2 is 1.95 bits per heavy atom. The van der Waals surface area contributed by atoms with Gasteiger partial charge in [-0.1, -0.05) is 30.2 Å². The maximum atomic E-state index is 14.0. The van der Waals surface area contributed by atoms with E-state index in [4.69, 9.17) is 15.2 Å². The summed E-state index contributed by atoms with van der Waals surface area (Å²) in [6.07, 6.45) is 1.46. The van der Waals surface area contributed by atoms with Crippen LogP contribution in [-0.2, 0) is 9.53 Å². The molecule has 0 radical (unpaired) electrons. The van der Waals surface area contributed by atoms with Crippen LogP contribution in [0.2, 0.25) is 0 Å². The maximum absolute atomic E-state index is 14.0. The van der Waals surface area contributed by atoms with E-state index in [-0.39, 0.29) is 29.6 Å². The zero-order chi connectivity index (χ0) is 26.1. The van der Waals surface area contributed by atoms with Crippen molar-refractivity contribution >= 4 is 22.6 Å². The SMILES string of the molecule is CC#CC(=O)N1C[C@H](OC)[C@@H](n2cc(-c3ccc(Oc4ccccc4F)cc3)c3c(N)n[nH]c(=O)c32)C1. The Morgan fingerprint density at radius 3 is 2.65 bits per heavy atom. The molecule has 2 aromatic heterocycles. The Balaban J connectivity index is 1.56. The summed E-state index contributed by atoms with van der Waals surface area (Å²) in [5.41, 5.74) is 7.58. The lowest BCUT2D eigenvalue weighted by Crippen LogP contribution is -2.28. The standard InChI is InChI=1S/C27H24FN5O4/c1-3-6-23(34)32-14-20(22(15-32)36-2)33-13-18(24-25(33)27(35)31-30-26(24)29)16-9-11-17(12-10-16)37-21-8-5-4-7-19(21)28/h4-5,7-13,20,22H,14-15H2,1-2H3,(H2,29,30)(H,31,35)/t20-,22-/m0/s1. The lowest BCUT2D eigenvalue weighted by atomic mass is 10.1.